The van der Waals surface area contributed by atoms with E-state index in [-0.39, 0.29) is 13.2 Å². The van der Waals surface area contributed by atoms with Crippen molar-refractivity contribution in [1.29, 1.82) is 0 Å². The number of hydrogen-bond acceptors (Lipinski definition) is 29. The van der Waals surface area contributed by atoms with Crippen molar-refractivity contribution in [3.8, 4) is 0 Å². The Bertz CT molecular complexity index is 1350. The lowest BCUT2D eigenvalue weighted by molar-refractivity contribution is -0.0319. The van der Waals surface area contributed by atoms with Crippen molar-refractivity contribution in [2.75, 3.05) is 370 Å². The Kier molecular flexibility index (Phi) is 109. The zero-order chi connectivity index (χ0) is 76.1. The lowest BCUT2D eigenvalue weighted by Gasteiger charge is -2.09. The Morgan fingerprint density at radius 1 is 0.104 bits per heavy atom. The van der Waals surface area contributed by atoms with Gasteiger partial charge in [0, 0.05) is 13.2 Å². The number of ether oxygens (including phenoxy) is 27. The summed E-state index contributed by atoms with van der Waals surface area (Å²) < 4.78 is 148. The van der Waals surface area contributed by atoms with E-state index in [1.807, 2.05) is 0 Å². The lowest BCUT2D eigenvalue weighted by Crippen LogP contribution is -2.16. The molecule has 29 nitrogen and oxygen atoms in total. The smallest absolute Gasteiger partial charge is 0.0701 e. The van der Waals surface area contributed by atoms with Crippen LogP contribution in [0.5, 0.6) is 0 Å². The van der Waals surface area contributed by atoms with Gasteiger partial charge in [0.1, 0.15) is 0 Å². The molecular formula is C77H158O29. The Morgan fingerprint density at radius 2 is 0.189 bits per heavy atom. The molecule has 640 valence electrons. The van der Waals surface area contributed by atoms with Crippen molar-refractivity contribution < 1.29 is 138 Å². The van der Waals surface area contributed by atoms with Crippen LogP contribution in [0.25, 0.3) is 0 Å². The van der Waals surface area contributed by atoms with Gasteiger partial charge < -0.3 is 138 Å². The van der Waals surface area contributed by atoms with Crippen molar-refractivity contribution >= 4 is 0 Å². The standard InChI is InChI=1S/C58H118O24.C19H40O5/c1-2-3-4-5-6-7-8-9-10-11-13-60-15-17-62-19-21-64-23-25-66-27-29-68-31-33-70-35-37-72-39-41-74-43-45-76-47-49-78-51-53-80-55-57-82-58-56-81-54-52-79-50-48-77-46-44-75-42-40-73-38-36-71-34-32-69-30-28-67-26-24-65-22-20-63-18-16-61-14-12-59;1-2-3-4-5-6-7-8-9-10-12-21-14-16-23-18-19-24-17-15-22-13-11-20/h59H,2-58H2,1H3;20H,2-19H2,1H3. The summed E-state index contributed by atoms with van der Waals surface area (Å²) in [6.07, 6.45) is 25.4. The summed E-state index contributed by atoms with van der Waals surface area (Å²) in [6.45, 7) is 32.6. The van der Waals surface area contributed by atoms with Crippen LogP contribution in [0.2, 0.25) is 0 Å². The third kappa shape index (κ3) is 109. The fraction of sp³-hybridized carbons (Fsp3) is 1.00. The van der Waals surface area contributed by atoms with Gasteiger partial charge in [-0.2, -0.15) is 0 Å². The molecule has 0 heterocycles. The molecule has 0 unspecified atom stereocenters. The molecule has 0 saturated carbocycles. The van der Waals surface area contributed by atoms with E-state index in [0.29, 0.717) is 344 Å². The van der Waals surface area contributed by atoms with Crippen LogP contribution in [-0.2, 0) is 128 Å². The van der Waals surface area contributed by atoms with Crippen LogP contribution in [0, 0.1) is 0 Å². The van der Waals surface area contributed by atoms with E-state index in [4.69, 9.17) is 138 Å². The van der Waals surface area contributed by atoms with Crippen LogP contribution in [-0.4, -0.2) is 380 Å². The summed E-state index contributed by atoms with van der Waals surface area (Å²) in [6, 6.07) is 0. The highest BCUT2D eigenvalue weighted by Crippen LogP contribution is 2.11. The number of rotatable bonds is 100. The maximum atomic E-state index is 8.61. The van der Waals surface area contributed by atoms with Crippen molar-refractivity contribution in [3.63, 3.8) is 0 Å². The highest BCUT2D eigenvalue weighted by molar-refractivity contribution is 4.50. The van der Waals surface area contributed by atoms with Gasteiger partial charge in [-0.25, -0.2) is 0 Å². The Hall–Kier alpha value is -1.16. The fourth-order valence-electron chi connectivity index (χ4n) is 9.04. The largest absolute Gasteiger partial charge is 0.394 e. The third-order valence-corrected chi connectivity index (χ3v) is 14.8. The Labute approximate surface area is 641 Å². The molecule has 0 aromatic rings. The summed E-state index contributed by atoms with van der Waals surface area (Å²) in [5.41, 5.74) is 0. The van der Waals surface area contributed by atoms with E-state index in [1.165, 1.54) is 109 Å². The minimum Gasteiger partial charge on any atom is -0.394 e. The van der Waals surface area contributed by atoms with E-state index in [0.717, 1.165) is 26.1 Å². The summed E-state index contributed by atoms with van der Waals surface area (Å²) >= 11 is 0. The molecule has 0 amide bonds. The molecule has 106 heavy (non-hydrogen) atoms. The first-order valence-electron chi connectivity index (χ1n) is 40.6. The van der Waals surface area contributed by atoms with Crippen LogP contribution in [0.4, 0.5) is 0 Å². The normalized spacial score (nSPS) is 11.7. The molecule has 0 atom stereocenters. The first-order valence-corrected chi connectivity index (χ1v) is 40.6. The van der Waals surface area contributed by atoms with E-state index >= 15 is 0 Å². The monoisotopic (exact) mass is 1550 g/mol. The Balaban J connectivity index is 0. The van der Waals surface area contributed by atoms with Gasteiger partial charge in [-0.05, 0) is 12.8 Å². The summed E-state index contributed by atoms with van der Waals surface area (Å²) in [4.78, 5) is 0. The molecular weight excluding hydrogens is 1390 g/mol. The summed E-state index contributed by atoms with van der Waals surface area (Å²) in [5, 5.41) is 17.1. The van der Waals surface area contributed by atoms with Crippen LogP contribution in [0.15, 0.2) is 0 Å². The summed E-state index contributed by atoms with van der Waals surface area (Å²) in [7, 11) is 0. The highest BCUT2D eigenvalue weighted by Gasteiger charge is 2.03. The first-order chi connectivity index (χ1) is 52.8. The zero-order valence-corrected chi connectivity index (χ0v) is 67.0. The first kappa shape index (κ1) is 107. The van der Waals surface area contributed by atoms with Gasteiger partial charge in [0.25, 0.3) is 0 Å². The van der Waals surface area contributed by atoms with Crippen molar-refractivity contribution in [3.05, 3.63) is 0 Å². The van der Waals surface area contributed by atoms with Gasteiger partial charge in [0.2, 0.25) is 0 Å². The average molecular weight is 1550 g/mol. The SMILES string of the molecule is CCCCCCCCCCCCOCCOCCOCCOCCOCCOCCOCCOCCOCCOCCOCCOCCOCCOCCOCCOCCOCCOCCOCCOCCOCCOCCOCCO.CCCCCCCCCCCOCCOCCOCCOCCO. The molecule has 0 fully saturated rings. The van der Waals surface area contributed by atoms with Gasteiger partial charge in [-0.3, -0.25) is 0 Å². The molecule has 0 spiro atoms. The van der Waals surface area contributed by atoms with E-state index < -0.39 is 0 Å². The number of unbranched alkanes of at least 4 members (excludes halogenated alkanes) is 17. The van der Waals surface area contributed by atoms with Crippen LogP contribution >= 0.6 is 0 Å². The predicted molar refractivity (Wildman–Crippen MR) is 405 cm³/mol. The molecule has 2 N–H and O–H groups in total. The van der Waals surface area contributed by atoms with Gasteiger partial charge in [0.05, 0.1) is 357 Å². The number of hydrogen-bond donors (Lipinski definition) is 2. The van der Waals surface area contributed by atoms with Crippen molar-refractivity contribution in [2.24, 2.45) is 0 Å². The second kappa shape index (κ2) is 108. The maximum absolute atomic E-state index is 8.61. The van der Waals surface area contributed by atoms with Gasteiger partial charge in [0.15, 0.2) is 0 Å². The molecule has 0 saturated heterocycles. The van der Waals surface area contributed by atoms with Gasteiger partial charge in [-0.1, -0.05) is 123 Å². The minimum absolute atomic E-state index is 0.0188. The average Bonchev–Trinajstić information content (AvgIpc) is 3.82. The molecule has 0 radical (unpaired) electrons. The molecule has 0 aliphatic carbocycles. The molecule has 0 aliphatic heterocycles. The molecule has 0 rings (SSSR count). The third-order valence-electron chi connectivity index (χ3n) is 14.8. The highest BCUT2D eigenvalue weighted by atomic mass is 16.6. The number of aliphatic hydroxyl groups excluding tert-OH is 2. The molecule has 0 bridgehead atoms. The van der Waals surface area contributed by atoms with E-state index in [2.05, 4.69) is 13.8 Å². The van der Waals surface area contributed by atoms with Gasteiger partial charge >= 0.3 is 0 Å². The fourth-order valence-corrected chi connectivity index (χ4v) is 9.04. The predicted octanol–water partition coefficient (Wildman–Crippen LogP) is 7.86. The molecule has 0 aliphatic rings. The second-order valence-electron chi connectivity index (χ2n) is 24.0. The zero-order valence-electron chi connectivity index (χ0n) is 67.0. The maximum Gasteiger partial charge on any atom is 0.0701 e. The molecule has 0 aromatic heterocycles. The van der Waals surface area contributed by atoms with E-state index in [1.54, 1.807) is 0 Å². The lowest BCUT2D eigenvalue weighted by atomic mass is 10.1. The van der Waals surface area contributed by atoms with E-state index in [9.17, 15) is 0 Å². The summed E-state index contributed by atoms with van der Waals surface area (Å²) in [5.74, 6) is 0. The van der Waals surface area contributed by atoms with Crippen LogP contribution < -0.4 is 0 Å². The minimum atomic E-state index is 0.0188. The van der Waals surface area contributed by atoms with Crippen molar-refractivity contribution in [1.82, 2.24) is 0 Å². The van der Waals surface area contributed by atoms with Gasteiger partial charge in [-0.15, -0.1) is 0 Å². The molecule has 0 aromatic carbocycles. The van der Waals surface area contributed by atoms with Crippen LogP contribution in [0.1, 0.15) is 136 Å². The topological polar surface area (TPSA) is 290 Å². The van der Waals surface area contributed by atoms with Crippen LogP contribution in [0.3, 0.4) is 0 Å². The quantitative estimate of drug-likeness (QED) is 0.0548. The Morgan fingerprint density at radius 3 is 0.292 bits per heavy atom. The number of aliphatic hydroxyl groups is 2. The van der Waals surface area contributed by atoms with Crippen molar-refractivity contribution in [2.45, 2.75) is 136 Å². The molecule has 29 heteroatoms. The second-order valence-corrected chi connectivity index (χ2v) is 24.0.